The standard InChI is InChI=1S/C24H16I2O/c25-21-13-5-1-9-17(21)19-11-3-7-15-23(19)27-24-16-8-4-12-20(24)18-10-2-6-14-22(18)26/h1-16H. The number of benzene rings is 4. The molecule has 4 aromatic rings. The molecule has 0 fully saturated rings. The SMILES string of the molecule is Ic1ccccc1-c1ccccc1Oc1ccccc1-c1ccccc1I. The molecule has 0 N–H and O–H groups in total. The molecule has 27 heavy (non-hydrogen) atoms. The molecule has 4 aromatic carbocycles. The van der Waals surface area contributed by atoms with Crippen LogP contribution in [0, 0.1) is 7.14 Å². The third-order valence-electron chi connectivity index (χ3n) is 4.32. The van der Waals surface area contributed by atoms with E-state index in [2.05, 4.69) is 118 Å². The summed E-state index contributed by atoms with van der Waals surface area (Å²) in [6.45, 7) is 0. The van der Waals surface area contributed by atoms with Crippen molar-refractivity contribution in [2.24, 2.45) is 0 Å². The Morgan fingerprint density at radius 1 is 0.407 bits per heavy atom. The van der Waals surface area contributed by atoms with Crippen LogP contribution < -0.4 is 4.74 Å². The van der Waals surface area contributed by atoms with Gasteiger partial charge in [-0.2, -0.15) is 0 Å². The molecule has 0 saturated heterocycles. The second-order valence-electron chi connectivity index (χ2n) is 6.05. The monoisotopic (exact) mass is 574 g/mol. The van der Waals surface area contributed by atoms with Gasteiger partial charge in [-0.1, -0.05) is 72.8 Å². The molecule has 0 amide bonds. The quantitative estimate of drug-likeness (QED) is 0.225. The van der Waals surface area contributed by atoms with Crippen molar-refractivity contribution in [3.63, 3.8) is 0 Å². The highest BCUT2D eigenvalue weighted by Crippen LogP contribution is 2.39. The number of ether oxygens (including phenoxy) is 1. The molecule has 0 aromatic heterocycles. The van der Waals surface area contributed by atoms with Crippen molar-refractivity contribution < 1.29 is 4.74 Å². The highest BCUT2D eigenvalue weighted by atomic mass is 127. The number of hydrogen-bond acceptors (Lipinski definition) is 1. The van der Waals surface area contributed by atoms with Crippen LogP contribution in [-0.2, 0) is 0 Å². The average molecular weight is 574 g/mol. The Bertz CT molecular complexity index is 1000. The molecule has 0 aliphatic rings. The molecule has 3 heteroatoms. The maximum Gasteiger partial charge on any atom is 0.135 e. The fourth-order valence-corrected chi connectivity index (χ4v) is 4.39. The predicted molar refractivity (Wildman–Crippen MR) is 129 cm³/mol. The lowest BCUT2D eigenvalue weighted by Gasteiger charge is -2.16. The average Bonchev–Trinajstić information content (AvgIpc) is 2.70. The van der Waals surface area contributed by atoms with Crippen LogP contribution in [0.1, 0.15) is 0 Å². The van der Waals surface area contributed by atoms with Gasteiger partial charge in [0.1, 0.15) is 11.5 Å². The Kier molecular flexibility index (Phi) is 5.78. The van der Waals surface area contributed by atoms with Crippen LogP contribution in [-0.4, -0.2) is 0 Å². The van der Waals surface area contributed by atoms with Gasteiger partial charge >= 0.3 is 0 Å². The van der Waals surface area contributed by atoms with Crippen molar-refractivity contribution in [2.45, 2.75) is 0 Å². The lowest BCUT2D eigenvalue weighted by atomic mass is 10.0. The second-order valence-corrected chi connectivity index (χ2v) is 8.38. The van der Waals surface area contributed by atoms with Gasteiger partial charge in [0.15, 0.2) is 0 Å². The van der Waals surface area contributed by atoms with E-state index in [1.807, 2.05) is 24.3 Å². The normalized spacial score (nSPS) is 10.6. The molecule has 0 spiro atoms. The Hall–Kier alpha value is -1.86. The number of rotatable bonds is 4. The Morgan fingerprint density at radius 3 is 1.15 bits per heavy atom. The lowest BCUT2D eigenvalue weighted by molar-refractivity contribution is 0.486. The van der Waals surface area contributed by atoms with E-state index in [1.165, 1.54) is 18.3 Å². The van der Waals surface area contributed by atoms with Crippen LogP contribution >= 0.6 is 45.2 Å². The molecular formula is C24H16I2O. The van der Waals surface area contributed by atoms with Gasteiger partial charge in [0.25, 0.3) is 0 Å². The molecule has 0 radical (unpaired) electrons. The molecule has 0 bridgehead atoms. The van der Waals surface area contributed by atoms with Crippen LogP contribution in [0.15, 0.2) is 97.1 Å². The van der Waals surface area contributed by atoms with Crippen molar-refractivity contribution in [3.8, 4) is 33.8 Å². The van der Waals surface area contributed by atoms with Gasteiger partial charge in [0.05, 0.1) is 0 Å². The van der Waals surface area contributed by atoms with Crippen LogP contribution in [0.2, 0.25) is 0 Å². The minimum atomic E-state index is 0.861. The zero-order valence-electron chi connectivity index (χ0n) is 14.4. The largest absolute Gasteiger partial charge is 0.456 e. The van der Waals surface area contributed by atoms with Gasteiger partial charge in [-0.3, -0.25) is 0 Å². The molecule has 0 heterocycles. The van der Waals surface area contributed by atoms with E-state index in [0.29, 0.717) is 0 Å². The first-order valence-corrected chi connectivity index (χ1v) is 10.8. The third-order valence-corrected chi connectivity index (χ3v) is 6.20. The van der Waals surface area contributed by atoms with Crippen LogP contribution in [0.4, 0.5) is 0 Å². The maximum absolute atomic E-state index is 6.45. The molecule has 4 rings (SSSR count). The Balaban J connectivity index is 1.80. The Labute approximate surface area is 186 Å². The first-order chi connectivity index (χ1) is 13.2. The van der Waals surface area contributed by atoms with Crippen molar-refractivity contribution in [1.29, 1.82) is 0 Å². The molecule has 132 valence electrons. The molecular weight excluding hydrogens is 558 g/mol. The minimum Gasteiger partial charge on any atom is -0.456 e. The number of halogens is 2. The first-order valence-electron chi connectivity index (χ1n) is 8.60. The second kappa shape index (κ2) is 8.44. The highest BCUT2D eigenvalue weighted by Gasteiger charge is 2.13. The van der Waals surface area contributed by atoms with Gasteiger partial charge < -0.3 is 4.74 Å². The van der Waals surface area contributed by atoms with Crippen molar-refractivity contribution in [3.05, 3.63) is 104 Å². The van der Waals surface area contributed by atoms with Crippen molar-refractivity contribution >= 4 is 45.2 Å². The van der Waals surface area contributed by atoms with Gasteiger partial charge in [-0.15, -0.1) is 0 Å². The summed E-state index contributed by atoms with van der Waals surface area (Å²) in [7, 11) is 0. The number of hydrogen-bond donors (Lipinski definition) is 0. The van der Waals surface area contributed by atoms with Gasteiger partial charge in [-0.05, 0) is 80.6 Å². The van der Waals surface area contributed by atoms with E-state index in [1.54, 1.807) is 0 Å². The first kappa shape index (κ1) is 18.5. The van der Waals surface area contributed by atoms with Gasteiger partial charge in [0.2, 0.25) is 0 Å². The highest BCUT2D eigenvalue weighted by molar-refractivity contribution is 14.1. The molecule has 0 atom stereocenters. The van der Waals surface area contributed by atoms with Crippen molar-refractivity contribution in [2.75, 3.05) is 0 Å². The van der Waals surface area contributed by atoms with Gasteiger partial charge in [0, 0.05) is 18.3 Å². The molecule has 0 aliphatic carbocycles. The van der Waals surface area contributed by atoms with Gasteiger partial charge in [-0.25, -0.2) is 0 Å². The molecule has 1 nitrogen and oxygen atoms in total. The summed E-state index contributed by atoms with van der Waals surface area (Å²) in [5.74, 6) is 1.72. The number of para-hydroxylation sites is 2. The topological polar surface area (TPSA) is 9.23 Å². The summed E-state index contributed by atoms with van der Waals surface area (Å²) in [5.41, 5.74) is 4.56. The van der Waals surface area contributed by atoms with Crippen LogP contribution in [0.25, 0.3) is 22.3 Å². The van der Waals surface area contributed by atoms with E-state index < -0.39 is 0 Å². The van der Waals surface area contributed by atoms with Crippen molar-refractivity contribution in [1.82, 2.24) is 0 Å². The van der Waals surface area contributed by atoms with E-state index in [9.17, 15) is 0 Å². The van der Waals surface area contributed by atoms with E-state index in [-0.39, 0.29) is 0 Å². The van der Waals surface area contributed by atoms with Crippen LogP contribution in [0.5, 0.6) is 11.5 Å². The summed E-state index contributed by atoms with van der Waals surface area (Å²) in [5, 5.41) is 0. The fraction of sp³-hybridized carbons (Fsp3) is 0. The summed E-state index contributed by atoms with van der Waals surface area (Å²) in [6, 6.07) is 33.2. The Morgan fingerprint density at radius 2 is 0.741 bits per heavy atom. The zero-order chi connectivity index (χ0) is 18.6. The predicted octanol–water partition coefficient (Wildman–Crippen LogP) is 8.02. The molecule has 0 aliphatic heterocycles. The summed E-state index contributed by atoms with van der Waals surface area (Å²) in [6.07, 6.45) is 0. The van der Waals surface area contributed by atoms with E-state index in [0.717, 1.165) is 22.6 Å². The summed E-state index contributed by atoms with van der Waals surface area (Å²) >= 11 is 4.75. The van der Waals surface area contributed by atoms with E-state index >= 15 is 0 Å². The minimum absolute atomic E-state index is 0.861. The maximum atomic E-state index is 6.45. The zero-order valence-corrected chi connectivity index (χ0v) is 18.7. The lowest BCUT2D eigenvalue weighted by Crippen LogP contribution is -1.93. The van der Waals surface area contributed by atoms with Crippen LogP contribution in [0.3, 0.4) is 0 Å². The summed E-state index contributed by atoms with van der Waals surface area (Å²) in [4.78, 5) is 0. The fourth-order valence-electron chi connectivity index (χ4n) is 3.03. The third kappa shape index (κ3) is 4.04. The van der Waals surface area contributed by atoms with E-state index in [4.69, 9.17) is 4.74 Å². The molecule has 0 saturated carbocycles. The molecule has 0 unspecified atom stereocenters. The summed E-state index contributed by atoms with van der Waals surface area (Å²) < 4.78 is 8.86. The smallest absolute Gasteiger partial charge is 0.135 e.